The van der Waals surface area contributed by atoms with Gasteiger partial charge in [0.1, 0.15) is 0 Å². The Morgan fingerprint density at radius 2 is 1.85 bits per heavy atom. The average molecular weight is 201 g/mol. The van der Waals surface area contributed by atoms with Crippen LogP contribution in [0.1, 0.15) is 25.7 Å². The number of nitrogens with zero attached hydrogens (tertiary/aromatic N) is 1. The molecule has 0 radical (unpaired) electrons. The molecule has 4 heteroatoms. The lowest BCUT2D eigenvalue weighted by Gasteiger charge is -2.42. The van der Waals surface area contributed by atoms with Gasteiger partial charge in [0, 0.05) is 26.3 Å². The molecule has 1 heterocycles. The molecule has 2 fully saturated rings. The fraction of sp³-hybridized carbons (Fsp3) is 1.00. The molecule has 2 rings (SSSR count). The molecule has 2 aliphatic rings. The molecule has 1 aliphatic carbocycles. The van der Waals surface area contributed by atoms with E-state index in [9.17, 15) is 0 Å². The van der Waals surface area contributed by atoms with Gasteiger partial charge in [0.05, 0.1) is 0 Å². The van der Waals surface area contributed by atoms with Crippen molar-refractivity contribution in [3.8, 4) is 0 Å². The maximum absolute atomic E-state index is 5.66. The fourth-order valence-electron chi connectivity index (χ4n) is 2.47. The van der Waals surface area contributed by atoms with Crippen molar-refractivity contribution in [1.29, 1.82) is 0 Å². The van der Waals surface area contributed by atoms with Gasteiger partial charge in [-0.2, -0.15) is 0 Å². The zero-order valence-electron chi connectivity index (χ0n) is 8.58. The standard InChI is InChI=1S/C9H19NO2Si/c1-11-13(12-2)8-4-7-10(13)9-5-3-6-9/h9H,3-8H2,1-2H3. The summed E-state index contributed by atoms with van der Waals surface area (Å²) in [7, 11) is 1.72. The van der Waals surface area contributed by atoms with Crippen LogP contribution in [0.15, 0.2) is 0 Å². The largest absolute Gasteiger partial charge is 0.427 e. The molecule has 0 aromatic rings. The smallest absolute Gasteiger partial charge is 0.386 e. The summed E-state index contributed by atoms with van der Waals surface area (Å²) in [4.78, 5) is 0. The van der Waals surface area contributed by atoms with E-state index in [1.807, 2.05) is 14.2 Å². The van der Waals surface area contributed by atoms with Crippen molar-refractivity contribution < 1.29 is 8.85 Å². The predicted molar refractivity (Wildman–Crippen MR) is 53.5 cm³/mol. The molecule has 0 unspecified atom stereocenters. The Morgan fingerprint density at radius 3 is 2.31 bits per heavy atom. The average Bonchev–Trinajstić information content (AvgIpc) is 2.46. The second-order valence-electron chi connectivity index (χ2n) is 4.00. The third kappa shape index (κ3) is 1.46. The molecule has 1 saturated heterocycles. The minimum Gasteiger partial charge on any atom is -0.386 e. The van der Waals surface area contributed by atoms with Crippen molar-refractivity contribution in [2.24, 2.45) is 0 Å². The Balaban J connectivity index is 2.06. The maximum atomic E-state index is 5.66. The molecule has 76 valence electrons. The van der Waals surface area contributed by atoms with Gasteiger partial charge in [-0.15, -0.1) is 0 Å². The third-order valence-electron chi connectivity index (χ3n) is 3.48. The lowest BCUT2D eigenvalue weighted by Crippen LogP contribution is -2.58. The molecule has 0 aromatic heterocycles. The van der Waals surface area contributed by atoms with Crippen LogP contribution in [0, 0.1) is 0 Å². The molecule has 1 aliphatic heterocycles. The predicted octanol–water partition coefficient (Wildman–Crippen LogP) is 1.48. The lowest BCUT2D eigenvalue weighted by atomic mass is 9.93. The van der Waals surface area contributed by atoms with Crippen LogP contribution in [0.5, 0.6) is 0 Å². The van der Waals surface area contributed by atoms with Crippen molar-refractivity contribution in [3.63, 3.8) is 0 Å². The number of hydrogen-bond acceptors (Lipinski definition) is 3. The molecule has 0 N–H and O–H groups in total. The minimum atomic E-state index is -1.91. The van der Waals surface area contributed by atoms with E-state index < -0.39 is 8.72 Å². The highest BCUT2D eigenvalue weighted by Crippen LogP contribution is 2.36. The topological polar surface area (TPSA) is 21.7 Å². The molecule has 0 bridgehead atoms. The van der Waals surface area contributed by atoms with E-state index in [4.69, 9.17) is 8.85 Å². The Hall–Kier alpha value is 0.0969. The van der Waals surface area contributed by atoms with Gasteiger partial charge in [-0.25, -0.2) is 0 Å². The van der Waals surface area contributed by atoms with Gasteiger partial charge < -0.3 is 8.85 Å². The van der Waals surface area contributed by atoms with Crippen LogP contribution in [0.3, 0.4) is 0 Å². The van der Waals surface area contributed by atoms with Gasteiger partial charge in [0.15, 0.2) is 0 Å². The zero-order valence-corrected chi connectivity index (χ0v) is 9.58. The lowest BCUT2D eigenvalue weighted by molar-refractivity contribution is 0.124. The van der Waals surface area contributed by atoms with Gasteiger partial charge in [-0.1, -0.05) is 6.42 Å². The summed E-state index contributed by atoms with van der Waals surface area (Å²) in [6.07, 6.45) is 5.34. The van der Waals surface area contributed by atoms with Gasteiger partial charge in [0.25, 0.3) is 0 Å². The molecule has 0 amide bonds. The molecule has 0 aromatic carbocycles. The molecule has 1 saturated carbocycles. The highest BCUT2D eigenvalue weighted by molar-refractivity contribution is 6.65. The first-order chi connectivity index (χ1) is 6.32. The van der Waals surface area contributed by atoms with Crippen molar-refractivity contribution in [2.75, 3.05) is 20.8 Å². The molecular formula is C9H19NO2Si. The first kappa shape index (κ1) is 9.64. The van der Waals surface area contributed by atoms with Gasteiger partial charge >= 0.3 is 8.72 Å². The van der Waals surface area contributed by atoms with Crippen LogP contribution in [0.25, 0.3) is 0 Å². The van der Waals surface area contributed by atoms with Gasteiger partial charge in [-0.3, -0.25) is 4.57 Å². The Labute approximate surface area is 81.3 Å². The highest BCUT2D eigenvalue weighted by atomic mass is 28.4. The molecule has 0 atom stereocenters. The molecule has 3 nitrogen and oxygen atoms in total. The van der Waals surface area contributed by atoms with E-state index in [1.165, 1.54) is 32.2 Å². The van der Waals surface area contributed by atoms with Crippen LogP contribution < -0.4 is 0 Å². The molecule has 13 heavy (non-hydrogen) atoms. The van der Waals surface area contributed by atoms with E-state index in [0.717, 1.165) is 12.1 Å². The molecular weight excluding hydrogens is 182 g/mol. The molecule has 0 spiro atoms. The van der Waals surface area contributed by atoms with E-state index in [1.54, 1.807) is 0 Å². The Kier molecular flexibility index (Phi) is 2.74. The second kappa shape index (κ2) is 3.69. The van der Waals surface area contributed by atoms with Crippen molar-refractivity contribution in [2.45, 2.75) is 37.8 Å². The summed E-state index contributed by atoms with van der Waals surface area (Å²) in [5, 5.41) is 0. The summed E-state index contributed by atoms with van der Waals surface area (Å²) < 4.78 is 13.9. The Morgan fingerprint density at radius 1 is 1.15 bits per heavy atom. The van der Waals surface area contributed by atoms with Crippen LogP contribution in [0.4, 0.5) is 0 Å². The first-order valence-electron chi connectivity index (χ1n) is 5.19. The van der Waals surface area contributed by atoms with Gasteiger partial charge in [0.2, 0.25) is 0 Å². The van der Waals surface area contributed by atoms with Crippen LogP contribution in [-0.2, 0) is 8.85 Å². The quantitative estimate of drug-likeness (QED) is 0.646. The van der Waals surface area contributed by atoms with Gasteiger partial charge in [-0.05, 0) is 25.8 Å². The van der Waals surface area contributed by atoms with E-state index >= 15 is 0 Å². The number of rotatable bonds is 3. The van der Waals surface area contributed by atoms with E-state index in [-0.39, 0.29) is 0 Å². The monoisotopic (exact) mass is 201 g/mol. The van der Waals surface area contributed by atoms with Crippen LogP contribution in [-0.4, -0.2) is 40.1 Å². The fourth-order valence-corrected chi connectivity index (χ4v) is 5.72. The summed E-state index contributed by atoms with van der Waals surface area (Å²) in [5.74, 6) is 0. The normalized spacial score (nSPS) is 29.1. The summed E-state index contributed by atoms with van der Waals surface area (Å²) in [5.41, 5.74) is 0. The first-order valence-corrected chi connectivity index (χ1v) is 7.16. The SMILES string of the molecule is CO[Si]1(OC)CCCN1C1CCC1. The minimum absolute atomic E-state index is 0.772. The summed E-state index contributed by atoms with van der Waals surface area (Å²) >= 11 is 0. The van der Waals surface area contributed by atoms with Crippen molar-refractivity contribution in [3.05, 3.63) is 0 Å². The summed E-state index contributed by atoms with van der Waals surface area (Å²) in [6.45, 7) is 1.19. The second-order valence-corrected chi connectivity index (χ2v) is 7.32. The zero-order chi connectivity index (χ0) is 9.31. The van der Waals surface area contributed by atoms with Crippen molar-refractivity contribution >= 4 is 8.72 Å². The highest BCUT2D eigenvalue weighted by Gasteiger charge is 2.51. The van der Waals surface area contributed by atoms with Crippen LogP contribution >= 0.6 is 0 Å². The maximum Gasteiger partial charge on any atom is 0.427 e. The van der Waals surface area contributed by atoms with Crippen molar-refractivity contribution in [1.82, 2.24) is 4.57 Å². The Bertz CT molecular complexity index is 180. The van der Waals surface area contributed by atoms with Crippen LogP contribution in [0.2, 0.25) is 6.04 Å². The summed E-state index contributed by atoms with van der Waals surface area (Å²) in [6, 6.07) is 1.92. The number of hydrogen-bond donors (Lipinski definition) is 0. The van der Waals surface area contributed by atoms with E-state index in [0.29, 0.717) is 0 Å². The third-order valence-corrected chi connectivity index (χ3v) is 7.21. The van der Waals surface area contributed by atoms with E-state index in [2.05, 4.69) is 4.57 Å².